The topological polar surface area (TPSA) is 54.3 Å². The number of pyridine rings is 2. The molecule has 3 aromatic heterocycles. The summed E-state index contributed by atoms with van der Waals surface area (Å²) in [5.41, 5.74) is 3.61. The molecule has 1 fully saturated rings. The van der Waals surface area contributed by atoms with Crippen LogP contribution in [0.3, 0.4) is 0 Å². The second-order valence-electron chi connectivity index (χ2n) is 6.91. The summed E-state index contributed by atoms with van der Waals surface area (Å²) in [6.45, 7) is 1.62. The van der Waals surface area contributed by atoms with Gasteiger partial charge in [0.15, 0.2) is 0 Å². The van der Waals surface area contributed by atoms with Gasteiger partial charge in [0.1, 0.15) is 12.0 Å². The molecule has 0 unspecified atom stereocenters. The fourth-order valence-corrected chi connectivity index (χ4v) is 3.71. The number of alkyl halides is 1. The number of aromatic nitrogens is 3. The van der Waals surface area contributed by atoms with Gasteiger partial charge >= 0.3 is 6.03 Å². The first-order chi connectivity index (χ1) is 13.2. The van der Waals surface area contributed by atoms with E-state index in [4.69, 9.17) is 0 Å². The number of carbonyl (C=O) groups is 1. The lowest BCUT2D eigenvalue weighted by Crippen LogP contribution is -2.25. The van der Waals surface area contributed by atoms with E-state index in [1.807, 2.05) is 41.4 Å². The molecule has 0 radical (unpaired) electrons. The van der Waals surface area contributed by atoms with E-state index in [0.29, 0.717) is 26.1 Å². The number of hydrogen-bond donors (Lipinski definition) is 0. The molecule has 0 bridgehead atoms. The molecule has 2 aliphatic rings. The highest BCUT2D eigenvalue weighted by molar-refractivity contribution is 5.97. The predicted octanol–water partition coefficient (Wildman–Crippen LogP) is 3.90. The Hall–Kier alpha value is -2.93. The van der Waals surface area contributed by atoms with Gasteiger partial charge in [-0.25, -0.2) is 14.2 Å². The fourth-order valence-electron chi connectivity index (χ4n) is 3.71. The van der Waals surface area contributed by atoms with Gasteiger partial charge < -0.3 is 4.90 Å². The second kappa shape index (κ2) is 7.24. The number of amides is 1. The Kier molecular flexibility index (Phi) is 4.77. The molecule has 0 saturated carbocycles. The summed E-state index contributed by atoms with van der Waals surface area (Å²) in [6, 6.07) is 9.52. The maximum absolute atomic E-state index is 13.4. The molecule has 28 heavy (non-hydrogen) atoms. The van der Waals surface area contributed by atoms with E-state index in [1.165, 1.54) is 0 Å². The van der Waals surface area contributed by atoms with Crippen LogP contribution in [0.1, 0.15) is 12.1 Å². The van der Waals surface area contributed by atoms with Crippen molar-refractivity contribution in [2.45, 2.75) is 19.1 Å². The average molecular weight is 400 g/mol. The van der Waals surface area contributed by atoms with Crippen LogP contribution in [0.25, 0.3) is 11.1 Å². The number of carbonyl (C=O) groups excluding carboxylic acids is 1. The lowest BCUT2D eigenvalue weighted by atomic mass is 10.1. The van der Waals surface area contributed by atoms with Gasteiger partial charge in [0, 0.05) is 42.0 Å². The van der Waals surface area contributed by atoms with Crippen molar-refractivity contribution < 1.29 is 9.18 Å². The highest BCUT2D eigenvalue weighted by Crippen LogP contribution is 2.30. The van der Waals surface area contributed by atoms with Gasteiger partial charge in [-0.15, -0.1) is 12.4 Å². The number of hydrogen-bond acceptors (Lipinski definition) is 4. The molecule has 8 heteroatoms. The molecular weight excluding hydrogens is 381 g/mol. The predicted molar refractivity (Wildman–Crippen MR) is 108 cm³/mol. The summed E-state index contributed by atoms with van der Waals surface area (Å²) >= 11 is 0. The van der Waals surface area contributed by atoms with Crippen molar-refractivity contribution in [3.63, 3.8) is 0 Å². The molecule has 0 aromatic carbocycles. The maximum atomic E-state index is 13.4. The summed E-state index contributed by atoms with van der Waals surface area (Å²) in [4.78, 5) is 24.9. The molecule has 0 spiro atoms. The second-order valence-corrected chi connectivity index (χ2v) is 6.91. The van der Waals surface area contributed by atoms with Crippen LogP contribution in [-0.4, -0.2) is 39.8 Å². The summed E-state index contributed by atoms with van der Waals surface area (Å²) < 4.78 is 15.0. The minimum Gasteiger partial charge on any atom is -0.354 e. The third-order valence-electron chi connectivity index (χ3n) is 5.15. The van der Waals surface area contributed by atoms with Gasteiger partial charge in [0.05, 0.1) is 25.0 Å². The Morgan fingerprint density at radius 1 is 1.14 bits per heavy atom. The van der Waals surface area contributed by atoms with Crippen LogP contribution < -0.4 is 9.80 Å². The zero-order chi connectivity index (χ0) is 18.4. The van der Waals surface area contributed by atoms with Gasteiger partial charge in [0.2, 0.25) is 0 Å². The van der Waals surface area contributed by atoms with Gasteiger partial charge in [-0.2, -0.15) is 0 Å². The number of rotatable bonds is 3. The standard InChI is InChI=1S/C20H18FN5O.ClH/c21-16-5-7-24(12-16)19-4-3-14(9-23-19)15-8-18-13-26(20(27)25(18)11-15)17-2-1-6-22-10-17;/h1-4,6,8-11,16H,5,7,12-13H2;1H/t16-;/m0./s1. The zero-order valence-electron chi connectivity index (χ0n) is 15.0. The first-order valence-corrected chi connectivity index (χ1v) is 8.97. The van der Waals surface area contributed by atoms with Crippen LogP contribution in [0.2, 0.25) is 0 Å². The highest BCUT2D eigenvalue weighted by atomic mass is 35.5. The number of halogens is 2. The molecule has 0 aliphatic carbocycles. The lowest BCUT2D eigenvalue weighted by Gasteiger charge is -2.16. The van der Waals surface area contributed by atoms with Crippen LogP contribution >= 0.6 is 12.4 Å². The number of fused-ring (bicyclic) bond motifs is 1. The third-order valence-corrected chi connectivity index (χ3v) is 5.15. The Labute approximate surface area is 168 Å². The van der Waals surface area contributed by atoms with Gasteiger partial charge in [-0.1, -0.05) is 0 Å². The molecule has 3 aromatic rings. The Morgan fingerprint density at radius 3 is 2.68 bits per heavy atom. The van der Waals surface area contributed by atoms with Crippen LogP contribution in [0, 0.1) is 0 Å². The number of nitrogens with zero attached hydrogens (tertiary/aromatic N) is 5. The SMILES string of the molecule is Cl.O=C1N(c2cccnc2)Cc2cc(-c3ccc(N4CC[C@H](F)C4)nc3)cn21. The van der Waals surface area contributed by atoms with Crippen LogP contribution in [0.4, 0.5) is 20.7 Å². The molecule has 1 amide bonds. The van der Waals surface area contributed by atoms with Crippen LogP contribution in [0.5, 0.6) is 0 Å². The maximum Gasteiger partial charge on any atom is 0.333 e. The molecular formula is C20H19ClFN5O. The van der Waals surface area contributed by atoms with E-state index >= 15 is 0 Å². The highest BCUT2D eigenvalue weighted by Gasteiger charge is 2.29. The minimum atomic E-state index is -0.769. The minimum absolute atomic E-state index is 0. The van der Waals surface area contributed by atoms with E-state index in [0.717, 1.165) is 28.3 Å². The third kappa shape index (κ3) is 3.11. The zero-order valence-corrected chi connectivity index (χ0v) is 15.8. The smallest absolute Gasteiger partial charge is 0.333 e. The molecule has 0 N–H and O–H groups in total. The molecule has 1 atom stereocenters. The molecule has 5 rings (SSSR count). The summed E-state index contributed by atoms with van der Waals surface area (Å²) in [6.07, 6.45) is 6.80. The lowest BCUT2D eigenvalue weighted by molar-refractivity contribution is 0.251. The Bertz CT molecular complexity index is 992. The summed E-state index contributed by atoms with van der Waals surface area (Å²) in [5, 5.41) is 0. The monoisotopic (exact) mass is 399 g/mol. The summed E-state index contributed by atoms with van der Waals surface area (Å²) in [7, 11) is 0. The van der Waals surface area contributed by atoms with Crippen LogP contribution in [0.15, 0.2) is 55.1 Å². The molecule has 6 nitrogen and oxygen atoms in total. The molecule has 2 aliphatic heterocycles. The Balaban J connectivity index is 0.00000192. The van der Waals surface area contributed by atoms with Crippen molar-refractivity contribution >= 4 is 29.9 Å². The van der Waals surface area contributed by atoms with Crippen molar-refractivity contribution in [2.75, 3.05) is 22.9 Å². The van der Waals surface area contributed by atoms with Crippen LogP contribution in [-0.2, 0) is 6.54 Å². The van der Waals surface area contributed by atoms with E-state index in [1.54, 1.807) is 28.1 Å². The average Bonchev–Trinajstić information content (AvgIpc) is 3.39. The van der Waals surface area contributed by atoms with Gasteiger partial charge in [-0.3, -0.25) is 14.5 Å². The van der Waals surface area contributed by atoms with Crippen molar-refractivity contribution in [1.29, 1.82) is 0 Å². The number of anilines is 2. The van der Waals surface area contributed by atoms with Crippen molar-refractivity contribution in [3.05, 3.63) is 60.8 Å². The first kappa shape index (κ1) is 18.4. The molecule has 5 heterocycles. The molecule has 144 valence electrons. The molecule has 1 saturated heterocycles. The van der Waals surface area contributed by atoms with Gasteiger partial charge in [-0.05, 0) is 36.8 Å². The van der Waals surface area contributed by atoms with Crippen molar-refractivity contribution in [2.24, 2.45) is 0 Å². The van der Waals surface area contributed by atoms with Crippen molar-refractivity contribution in [1.82, 2.24) is 14.5 Å². The summed E-state index contributed by atoms with van der Waals surface area (Å²) in [5.74, 6) is 0.796. The van der Waals surface area contributed by atoms with E-state index in [9.17, 15) is 9.18 Å². The Morgan fingerprint density at radius 2 is 2.04 bits per heavy atom. The van der Waals surface area contributed by atoms with E-state index < -0.39 is 6.17 Å². The van der Waals surface area contributed by atoms with E-state index in [2.05, 4.69) is 9.97 Å². The fraction of sp³-hybridized carbons (Fsp3) is 0.250. The van der Waals surface area contributed by atoms with E-state index in [-0.39, 0.29) is 18.4 Å². The largest absolute Gasteiger partial charge is 0.354 e. The first-order valence-electron chi connectivity index (χ1n) is 8.97. The normalized spacial score (nSPS) is 18.3. The van der Waals surface area contributed by atoms with Gasteiger partial charge in [0.25, 0.3) is 0 Å². The van der Waals surface area contributed by atoms with Crippen molar-refractivity contribution in [3.8, 4) is 11.1 Å². The quantitative estimate of drug-likeness (QED) is 0.670.